The van der Waals surface area contributed by atoms with Gasteiger partial charge < -0.3 is 14.8 Å². The number of amides is 1. The smallest absolute Gasteiger partial charge is 0.253 e. The van der Waals surface area contributed by atoms with Gasteiger partial charge in [-0.1, -0.05) is 30.3 Å². The number of imidazole rings is 1. The van der Waals surface area contributed by atoms with Crippen LogP contribution in [-0.4, -0.2) is 40.5 Å². The van der Waals surface area contributed by atoms with E-state index >= 15 is 0 Å². The molecule has 25 heavy (non-hydrogen) atoms. The number of nitrogens with one attached hydrogen (secondary N) is 1. The van der Waals surface area contributed by atoms with Gasteiger partial charge in [0.05, 0.1) is 16.6 Å². The van der Waals surface area contributed by atoms with E-state index in [0.717, 1.165) is 29.0 Å². The van der Waals surface area contributed by atoms with Gasteiger partial charge in [-0.3, -0.25) is 4.79 Å². The highest BCUT2D eigenvalue weighted by atomic mass is 16.1. The zero-order valence-corrected chi connectivity index (χ0v) is 14.8. The number of para-hydroxylation sites is 1. The SMILES string of the molecule is C[C@H]1Cn2c(-c3ccc(CN(C)C)cc3)nc3cccc(c32)C(=O)N1. The van der Waals surface area contributed by atoms with Gasteiger partial charge in [-0.2, -0.15) is 0 Å². The van der Waals surface area contributed by atoms with Gasteiger partial charge in [0, 0.05) is 24.7 Å². The first-order chi connectivity index (χ1) is 12.0. The Balaban J connectivity index is 1.85. The van der Waals surface area contributed by atoms with Crippen LogP contribution in [0.2, 0.25) is 0 Å². The van der Waals surface area contributed by atoms with Crippen LogP contribution in [0.1, 0.15) is 22.8 Å². The summed E-state index contributed by atoms with van der Waals surface area (Å²) < 4.78 is 2.17. The van der Waals surface area contributed by atoms with Gasteiger partial charge in [0.25, 0.3) is 5.91 Å². The van der Waals surface area contributed by atoms with Gasteiger partial charge in [0.1, 0.15) is 5.82 Å². The predicted octanol–water partition coefficient (Wildman–Crippen LogP) is 2.90. The van der Waals surface area contributed by atoms with Crippen molar-refractivity contribution >= 4 is 16.9 Å². The van der Waals surface area contributed by atoms with Gasteiger partial charge in [-0.05, 0) is 38.7 Å². The summed E-state index contributed by atoms with van der Waals surface area (Å²) in [6.45, 7) is 3.66. The Morgan fingerprint density at radius 1 is 1.20 bits per heavy atom. The summed E-state index contributed by atoms with van der Waals surface area (Å²) in [6.07, 6.45) is 0. The van der Waals surface area contributed by atoms with Crippen LogP contribution in [0.15, 0.2) is 42.5 Å². The summed E-state index contributed by atoms with van der Waals surface area (Å²) in [4.78, 5) is 19.4. The summed E-state index contributed by atoms with van der Waals surface area (Å²) in [5.41, 5.74) is 4.84. The molecule has 1 aliphatic rings. The van der Waals surface area contributed by atoms with Crippen molar-refractivity contribution in [3.05, 3.63) is 53.6 Å². The normalized spacial score (nSPS) is 17.0. The summed E-state index contributed by atoms with van der Waals surface area (Å²) in [7, 11) is 4.13. The second-order valence-electron chi connectivity index (χ2n) is 7.03. The highest BCUT2D eigenvalue weighted by Gasteiger charge is 2.24. The molecule has 0 unspecified atom stereocenters. The van der Waals surface area contributed by atoms with Crippen molar-refractivity contribution in [2.45, 2.75) is 26.1 Å². The molecule has 0 saturated carbocycles. The minimum atomic E-state index is -0.0235. The van der Waals surface area contributed by atoms with Crippen molar-refractivity contribution in [2.24, 2.45) is 0 Å². The Bertz CT molecular complexity index is 940. The Hall–Kier alpha value is -2.66. The lowest BCUT2D eigenvalue weighted by molar-refractivity contribution is 0.0942. The third-order valence-corrected chi connectivity index (χ3v) is 4.56. The summed E-state index contributed by atoms with van der Waals surface area (Å²) in [5.74, 6) is 0.895. The Morgan fingerprint density at radius 2 is 1.96 bits per heavy atom. The van der Waals surface area contributed by atoms with Crippen molar-refractivity contribution in [2.75, 3.05) is 14.1 Å². The maximum Gasteiger partial charge on any atom is 0.253 e. The van der Waals surface area contributed by atoms with Crippen molar-refractivity contribution in [3.63, 3.8) is 0 Å². The summed E-state index contributed by atoms with van der Waals surface area (Å²) >= 11 is 0. The standard InChI is InChI=1S/C20H22N4O/c1-13-11-24-18-16(20(25)21-13)5-4-6-17(18)22-19(24)15-9-7-14(8-10-15)12-23(2)3/h4-10,13H,11-12H2,1-3H3,(H,21,25)/t13-/m0/s1. The second-order valence-corrected chi connectivity index (χ2v) is 7.03. The van der Waals surface area contributed by atoms with E-state index in [1.54, 1.807) is 0 Å². The van der Waals surface area contributed by atoms with Crippen LogP contribution in [0.3, 0.4) is 0 Å². The van der Waals surface area contributed by atoms with Crippen molar-refractivity contribution in [1.82, 2.24) is 19.8 Å². The Kier molecular flexibility index (Phi) is 3.81. The van der Waals surface area contributed by atoms with Crippen molar-refractivity contribution in [3.8, 4) is 11.4 Å². The molecule has 128 valence electrons. The highest BCUT2D eigenvalue weighted by Crippen LogP contribution is 2.29. The molecule has 0 radical (unpaired) electrons. The monoisotopic (exact) mass is 334 g/mol. The quantitative estimate of drug-likeness (QED) is 0.801. The molecule has 1 atom stereocenters. The van der Waals surface area contributed by atoms with E-state index < -0.39 is 0 Å². The molecule has 5 nitrogen and oxygen atoms in total. The molecule has 0 fully saturated rings. The molecule has 1 amide bonds. The molecule has 1 N–H and O–H groups in total. The number of nitrogens with zero attached hydrogens (tertiary/aromatic N) is 3. The number of aromatic nitrogens is 2. The number of hydrogen-bond acceptors (Lipinski definition) is 3. The van der Waals surface area contributed by atoms with Crippen LogP contribution in [-0.2, 0) is 13.1 Å². The van der Waals surface area contributed by atoms with E-state index in [2.05, 4.69) is 53.1 Å². The predicted molar refractivity (Wildman–Crippen MR) is 99.5 cm³/mol. The minimum absolute atomic E-state index is 0.0235. The molecule has 0 saturated heterocycles. The van der Waals surface area contributed by atoms with Crippen LogP contribution in [0, 0.1) is 0 Å². The summed E-state index contributed by atoms with van der Waals surface area (Å²) in [6, 6.07) is 14.3. The number of benzene rings is 2. The fourth-order valence-electron chi connectivity index (χ4n) is 3.51. The molecule has 1 aromatic heterocycles. The van der Waals surface area contributed by atoms with Gasteiger partial charge >= 0.3 is 0 Å². The van der Waals surface area contributed by atoms with Crippen LogP contribution in [0.25, 0.3) is 22.4 Å². The molecule has 4 rings (SSSR count). The average Bonchev–Trinajstić information content (AvgIpc) is 2.87. The molecule has 0 spiro atoms. The van der Waals surface area contributed by atoms with Crippen molar-refractivity contribution < 1.29 is 4.79 Å². The van der Waals surface area contributed by atoms with E-state index in [-0.39, 0.29) is 11.9 Å². The Morgan fingerprint density at radius 3 is 2.68 bits per heavy atom. The third kappa shape index (κ3) is 2.81. The van der Waals surface area contributed by atoms with Gasteiger partial charge in [-0.25, -0.2) is 4.98 Å². The minimum Gasteiger partial charge on any atom is -0.348 e. The van der Waals surface area contributed by atoms with Gasteiger partial charge in [-0.15, -0.1) is 0 Å². The van der Waals surface area contributed by atoms with Gasteiger partial charge in [0.2, 0.25) is 0 Å². The van der Waals surface area contributed by atoms with E-state index in [1.165, 1.54) is 5.56 Å². The molecule has 2 aromatic carbocycles. The lowest BCUT2D eigenvalue weighted by Crippen LogP contribution is -2.33. The summed E-state index contributed by atoms with van der Waals surface area (Å²) in [5, 5.41) is 3.05. The Labute approximate surface area is 147 Å². The molecule has 5 heteroatoms. The zero-order valence-electron chi connectivity index (χ0n) is 14.8. The molecule has 0 bridgehead atoms. The van der Waals surface area contributed by atoms with Gasteiger partial charge in [0.15, 0.2) is 0 Å². The molecule has 1 aliphatic heterocycles. The maximum absolute atomic E-state index is 12.4. The molecule has 3 aromatic rings. The first-order valence-electron chi connectivity index (χ1n) is 8.57. The van der Waals surface area contributed by atoms with Crippen molar-refractivity contribution in [1.29, 1.82) is 0 Å². The first kappa shape index (κ1) is 15.8. The number of carbonyl (C=O) groups is 1. The van der Waals surface area contributed by atoms with Crippen LogP contribution in [0.4, 0.5) is 0 Å². The first-order valence-corrected chi connectivity index (χ1v) is 8.57. The molecule has 2 heterocycles. The van der Waals surface area contributed by atoms with Crippen LogP contribution < -0.4 is 5.32 Å². The highest BCUT2D eigenvalue weighted by molar-refractivity contribution is 6.06. The third-order valence-electron chi connectivity index (χ3n) is 4.56. The fraction of sp³-hybridized carbons (Fsp3) is 0.300. The van der Waals surface area contributed by atoms with E-state index in [9.17, 15) is 4.79 Å². The molecular formula is C20H22N4O. The topological polar surface area (TPSA) is 50.2 Å². The number of carbonyl (C=O) groups excluding carboxylic acids is 1. The molecular weight excluding hydrogens is 312 g/mol. The van der Waals surface area contributed by atoms with E-state index in [0.29, 0.717) is 12.1 Å². The fourth-order valence-corrected chi connectivity index (χ4v) is 3.51. The lowest BCUT2D eigenvalue weighted by Gasteiger charge is -2.14. The number of hydrogen-bond donors (Lipinski definition) is 1. The van der Waals surface area contributed by atoms with E-state index in [1.807, 2.05) is 25.1 Å². The van der Waals surface area contributed by atoms with Crippen LogP contribution >= 0.6 is 0 Å². The largest absolute Gasteiger partial charge is 0.348 e. The van der Waals surface area contributed by atoms with Crippen LogP contribution in [0.5, 0.6) is 0 Å². The maximum atomic E-state index is 12.4. The lowest BCUT2D eigenvalue weighted by atomic mass is 10.1. The zero-order chi connectivity index (χ0) is 17.6. The second kappa shape index (κ2) is 6.01. The molecule has 0 aliphatic carbocycles. The van der Waals surface area contributed by atoms with E-state index in [4.69, 9.17) is 4.98 Å². The number of rotatable bonds is 3. The average molecular weight is 334 g/mol.